The number of para-hydroxylation sites is 2. The maximum Gasteiger partial charge on any atom is 0.279 e. The van der Waals surface area contributed by atoms with E-state index in [9.17, 15) is 9.59 Å². The van der Waals surface area contributed by atoms with Crippen LogP contribution < -0.4 is 10.9 Å². The van der Waals surface area contributed by atoms with Gasteiger partial charge in [-0.25, -0.2) is 4.98 Å². The van der Waals surface area contributed by atoms with Gasteiger partial charge in [-0.1, -0.05) is 41.9 Å². The van der Waals surface area contributed by atoms with Gasteiger partial charge in [-0.05, 0) is 42.5 Å². The van der Waals surface area contributed by atoms with Crippen LogP contribution in [0.5, 0.6) is 0 Å². The molecule has 146 valence electrons. The fourth-order valence-corrected chi connectivity index (χ4v) is 3.42. The number of carbonyl (C=O) groups excluding carboxylic acids is 1. The molecule has 5 rings (SSSR count). The lowest BCUT2D eigenvalue weighted by atomic mass is 10.1. The Hall–Kier alpha value is -3.97. The maximum atomic E-state index is 13.1. The fourth-order valence-electron chi connectivity index (χ4n) is 3.29. The Morgan fingerprint density at radius 3 is 2.40 bits per heavy atom. The van der Waals surface area contributed by atoms with Crippen LogP contribution in [-0.2, 0) is 0 Å². The van der Waals surface area contributed by atoms with Gasteiger partial charge in [0.1, 0.15) is 0 Å². The highest BCUT2D eigenvalue weighted by molar-refractivity contribution is 6.30. The highest BCUT2D eigenvalue weighted by Gasteiger charge is 2.18. The normalized spacial score (nSPS) is 11.1. The molecule has 2 aromatic heterocycles. The van der Waals surface area contributed by atoms with E-state index in [1.807, 2.05) is 24.3 Å². The van der Waals surface area contributed by atoms with Crippen LogP contribution in [-0.4, -0.2) is 25.7 Å². The minimum atomic E-state index is -0.479. The average Bonchev–Trinajstić information content (AvgIpc) is 3.17. The lowest BCUT2D eigenvalue weighted by Crippen LogP contribution is -2.26. The zero-order chi connectivity index (χ0) is 20.7. The zero-order valence-electron chi connectivity index (χ0n) is 15.5. The molecule has 0 aliphatic rings. The largest absolute Gasteiger partial charge is 0.324 e. The summed E-state index contributed by atoms with van der Waals surface area (Å²) in [5.41, 5.74) is 1.83. The molecule has 0 unspecified atom stereocenters. The quantitative estimate of drug-likeness (QED) is 0.462. The van der Waals surface area contributed by atoms with Crippen molar-refractivity contribution in [2.24, 2.45) is 0 Å². The van der Waals surface area contributed by atoms with Gasteiger partial charge in [0, 0.05) is 10.4 Å². The molecule has 0 saturated carbocycles. The number of hydrogen-bond acceptors (Lipinski definition) is 4. The highest BCUT2D eigenvalue weighted by Crippen LogP contribution is 2.19. The van der Waals surface area contributed by atoms with E-state index in [4.69, 9.17) is 11.6 Å². The molecule has 0 aliphatic carbocycles. The Morgan fingerprint density at radius 1 is 0.933 bits per heavy atom. The summed E-state index contributed by atoms with van der Waals surface area (Å²) in [4.78, 5) is 33.5. The average molecular weight is 416 g/mol. The van der Waals surface area contributed by atoms with Crippen LogP contribution in [0.1, 0.15) is 10.5 Å². The van der Waals surface area contributed by atoms with Gasteiger partial charge in [-0.2, -0.15) is 9.78 Å². The van der Waals surface area contributed by atoms with Crippen LogP contribution in [0.3, 0.4) is 0 Å². The van der Waals surface area contributed by atoms with Crippen LogP contribution in [0.15, 0.2) is 77.6 Å². The Kier molecular flexibility index (Phi) is 4.30. The summed E-state index contributed by atoms with van der Waals surface area (Å²) in [7, 11) is 0. The first kappa shape index (κ1) is 18.1. The Labute approximate surface area is 174 Å². The van der Waals surface area contributed by atoms with Crippen LogP contribution in [0, 0.1) is 0 Å². The van der Waals surface area contributed by atoms with Crippen molar-refractivity contribution < 1.29 is 4.79 Å². The molecular weight excluding hydrogens is 402 g/mol. The first-order valence-electron chi connectivity index (χ1n) is 9.14. The summed E-state index contributed by atoms with van der Waals surface area (Å²) in [6, 6.07) is 21.0. The number of anilines is 1. The zero-order valence-corrected chi connectivity index (χ0v) is 16.2. The second kappa shape index (κ2) is 7.13. The van der Waals surface area contributed by atoms with Gasteiger partial charge in [0.2, 0.25) is 5.95 Å². The second-order valence-electron chi connectivity index (χ2n) is 6.64. The lowest BCUT2D eigenvalue weighted by molar-refractivity contribution is 0.102. The minimum Gasteiger partial charge on any atom is -0.324 e. The van der Waals surface area contributed by atoms with Crippen molar-refractivity contribution in [3.05, 3.63) is 93.9 Å². The summed E-state index contributed by atoms with van der Waals surface area (Å²) >= 11 is 5.96. The monoisotopic (exact) mass is 415 g/mol. The molecule has 0 bridgehead atoms. The number of fused-ring (bicyclic) bond motifs is 2. The predicted octanol–water partition coefficient (Wildman–Crippen LogP) is 4.17. The number of amides is 1. The van der Waals surface area contributed by atoms with Crippen molar-refractivity contribution >= 4 is 45.3 Å². The molecule has 2 N–H and O–H groups in total. The van der Waals surface area contributed by atoms with Gasteiger partial charge in [-0.15, -0.1) is 0 Å². The van der Waals surface area contributed by atoms with Gasteiger partial charge in [-0.3, -0.25) is 14.9 Å². The SMILES string of the molecule is O=C(Nc1nc2ccccc2[nH]1)c1nn(-c2ccc(Cl)cc2)c(=O)c2ccccc12. The molecule has 0 fully saturated rings. The van der Waals surface area contributed by atoms with Crippen LogP contribution in [0.25, 0.3) is 27.5 Å². The molecule has 0 atom stereocenters. The van der Waals surface area contributed by atoms with Gasteiger partial charge in [0.15, 0.2) is 5.69 Å². The van der Waals surface area contributed by atoms with Crippen LogP contribution in [0.2, 0.25) is 5.02 Å². The summed E-state index contributed by atoms with van der Waals surface area (Å²) in [6.45, 7) is 0. The van der Waals surface area contributed by atoms with Crippen molar-refractivity contribution in [3.63, 3.8) is 0 Å². The molecule has 2 heterocycles. The lowest BCUT2D eigenvalue weighted by Gasteiger charge is -2.10. The van der Waals surface area contributed by atoms with E-state index in [1.54, 1.807) is 48.5 Å². The number of hydrogen-bond donors (Lipinski definition) is 2. The van der Waals surface area contributed by atoms with Crippen molar-refractivity contribution in [1.82, 2.24) is 19.7 Å². The molecule has 1 amide bonds. The van der Waals surface area contributed by atoms with E-state index < -0.39 is 5.91 Å². The second-order valence-corrected chi connectivity index (χ2v) is 7.08. The number of aromatic nitrogens is 4. The van der Waals surface area contributed by atoms with Gasteiger partial charge >= 0.3 is 0 Å². The number of carbonyl (C=O) groups is 1. The van der Waals surface area contributed by atoms with Crippen molar-refractivity contribution in [3.8, 4) is 5.69 Å². The van der Waals surface area contributed by atoms with E-state index in [1.165, 1.54) is 4.68 Å². The molecule has 30 heavy (non-hydrogen) atoms. The third kappa shape index (κ3) is 3.11. The number of benzene rings is 3. The molecule has 3 aromatic carbocycles. The van der Waals surface area contributed by atoms with Crippen LogP contribution in [0.4, 0.5) is 5.95 Å². The van der Waals surface area contributed by atoms with E-state index >= 15 is 0 Å². The molecule has 0 spiro atoms. The highest BCUT2D eigenvalue weighted by atomic mass is 35.5. The topological polar surface area (TPSA) is 92.7 Å². The summed E-state index contributed by atoms with van der Waals surface area (Å²) < 4.78 is 1.20. The van der Waals surface area contributed by atoms with Gasteiger partial charge in [0.05, 0.1) is 22.1 Å². The number of H-pyrrole nitrogens is 1. The Morgan fingerprint density at radius 2 is 1.63 bits per heavy atom. The smallest absolute Gasteiger partial charge is 0.279 e. The summed E-state index contributed by atoms with van der Waals surface area (Å²) in [5, 5.41) is 8.48. The molecule has 7 nitrogen and oxygen atoms in total. The van der Waals surface area contributed by atoms with E-state index in [-0.39, 0.29) is 11.3 Å². The molecule has 0 aliphatic heterocycles. The van der Waals surface area contributed by atoms with Crippen molar-refractivity contribution in [2.45, 2.75) is 0 Å². The molecule has 0 radical (unpaired) electrons. The standard InChI is InChI=1S/C22H14ClN5O2/c23-13-9-11-14(12-10-13)28-21(30)16-6-2-1-5-15(16)19(27-28)20(29)26-22-24-17-7-3-4-8-18(17)25-22/h1-12H,(H2,24,25,26,29). The number of nitrogens with one attached hydrogen (secondary N) is 2. The maximum absolute atomic E-state index is 13.1. The molecule has 8 heteroatoms. The van der Waals surface area contributed by atoms with E-state index in [0.717, 1.165) is 11.0 Å². The van der Waals surface area contributed by atoms with E-state index in [2.05, 4.69) is 20.4 Å². The third-order valence-corrected chi connectivity index (χ3v) is 4.96. The van der Waals surface area contributed by atoms with Gasteiger partial charge < -0.3 is 4.98 Å². The number of imidazole rings is 1. The molecule has 0 saturated heterocycles. The Bertz CT molecular complexity index is 1440. The van der Waals surface area contributed by atoms with Crippen LogP contribution >= 0.6 is 11.6 Å². The first-order valence-corrected chi connectivity index (χ1v) is 9.52. The first-order chi connectivity index (χ1) is 14.6. The number of nitrogens with zero attached hydrogens (tertiary/aromatic N) is 3. The number of aromatic amines is 1. The summed E-state index contributed by atoms with van der Waals surface area (Å²) in [5.74, 6) is -0.177. The van der Waals surface area contributed by atoms with Crippen molar-refractivity contribution in [1.29, 1.82) is 0 Å². The number of rotatable bonds is 3. The fraction of sp³-hybridized carbons (Fsp3) is 0. The molecular formula is C22H14ClN5O2. The minimum absolute atomic E-state index is 0.112. The number of halogens is 1. The predicted molar refractivity (Wildman–Crippen MR) is 116 cm³/mol. The third-order valence-electron chi connectivity index (χ3n) is 4.71. The summed E-state index contributed by atoms with van der Waals surface area (Å²) in [6.07, 6.45) is 0. The van der Waals surface area contributed by atoms with E-state index in [0.29, 0.717) is 27.4 Å². The Balaban J connectivity index is 1.63. The molecule has 5 aromatic rings. The van der Waals surface area contributed by atoms with Gasteiger partial charge in [0.25, 0.3) is 11.5 Å². The van der Waals surface area contributed by atoms with Crippen molar-refractivity contribution in [2.75, 3.05) is 5.32 Å².